The molecule has 0 bridgehead atoms. The minimum Gasteiger partial charge on any atom is -0.399 e. The molecule has 5 heteroatoms. The first-order valence-corrected chi connectivity index (χ1v) is 7.74. The van der Waals surface area contributed by atoms with E-state index >= 15 is 0 Å². The molecule has 4 nitrogen and oxygen atoms in total. The van der Waals surface area contributed by atoms with Crippen LogP contribution in [0.1, 0.15) is 26.7 Å². The summed E-state index contributed by atoms with van der Waals surface area (Å²) >= 11 is 0. The lowest BCUT2D eigenvalue weighted by Crippen LogP contribution is -2.45. The van der Waals surface area contributed by atoms with Gasteiger partial charge < -0.3 is 5.73 Å². The number of anilines is 1. The quantitative estimate of drug-likeness (QED) is 0.835. The van der Waals surface area contributed by atoms with E-state index < -0.39 is 10.0 Å². The molecule has 1 aliphatic rings. The van der Waals surface area contributed by atoms with E-state index in [-0.39, 0.29) is 6.04 Å². The van der Waals surface area contributed by atoms with Crippen molar-refractivity contribution in [1.82, 2.24) is 4.31 Å². The van der Waals surface area contributed by atoms with Crippen LogP contribution >= 0.6 is 0 Å². The maximum atomic E-state index is 12.5. The van der Waals surface area contributed by atoms with Gasteiger partial charge in [-0.2, -0.15) is 4.31 Å². The zero-order valence-electron chi connectivity index (χ0n) is 10.8. The average Bonchev–Trinajstić information content (AvgIpc) is 2.33. The molecule has 0 spiro atoms. The van der Waals surface area contributed by atoms with Gasteiger partial charge in [0.05, 0.1) is 4.90 Å². The highest BCUT2D eigenvalue weighted by Gasteiger charge is 2.34. The Kier molecular flexibility index (Phi) is 3.64. The maximum Gasteiger partial charge on any atom is 0.243 e. The Bertz CT molecular complexity index is 510. The molecule has 18 heavy (non-hydrogen) atoms. The number of piperidine rings is 1. The van der Waals surface area contributed by atoms with Crippen molar-refractivity contribution in [1.29, 1.82) is 0 Å². The molecule has 2 N–H and O–H groups in total. The van der Waals surface area contributed by atoms with Crippen molar-refractivity contribution >= 4 is 15.7 Å². The zero-order chi connectivity index (χ0) is 13.3. The van der Waals surface area contributed by atoms with Gasteiger partial charge in [0.2, 0.25) is 10.0 Å². The van der Waals surface area contributed by atoms with Gasteiger partial charge in [-0.25, -0.2) is 8.42 Å². The van der Waals surface area contributed by atoms with Crippen molar-refractivity contribution in [3.05, 3.63) is 24.3 Å². The monoisotopic (exact) mass is 268 g/mol. The van der Waals surface area contributed by atoms with E-state index in [9.17, 15) is 8.42 Å². The van der Waals surface area contributed by atoms with E-state index in [1.165, 1.54) is 0 Å². The van der Waals surface area contributed by atoms with E-state index in [4.69, 9.17) is 5.73 Å². The molecule has 1 saturated heterocycles. The van der Waals surface area contributed by atoms with Crippen molar-refractivity contribution < 1.29 is 8.42 Å². The molecule has 1 aromatic carbocycles. The summed E-state index contributed by atoms with van der Waals surface area (Å²) in [6.07, 6.45) is 2.02. The van der Waals surface area contributed by atoms with Gasteiger partial charge in [-0.3, -0.25) is 0 Å². The lowest BCUT2D eigenvalue weighted by Gasteiger charge is -2.36. The van der Waals surface area contributed by atoms with Crippen molar-refractivity contribution in [2.75, 3.05) is 12.3 Å². The summed E-state index contributed by atoms with van der Waals surface area (Å²) in [7, 11) is -3.38. The van der Waals surface area contributed by atoms with Crippen molar-refractivity contribution in [2.45, 2.75) is 37.6 Å². The molecule has 0 radical (unpaired) electrons. The number of nitrogen functional groups attached to an aromatic ring is 1. The zero-order valence-corrected chi connectivity index (χ0v) is 11.7. The largest absolute Gasteiger partial charge is 0.399 e. The van der Waals surface area contributed by atoms with Crippen LogP contribution in [0.5, 0.6) is 0 Å². The molecule has 100 valence electrons. The molecule has 1 heterocycles. The predicted molar refractivity (Wildman–Crippen MR) is 72.6 cm³/mol. The molecule has 0 saturated carbocycles. The smallest absolute Gasteiger partial charge is 0.243 e. The number of nitrogens with two attached hydrogens (primary N) is 1. The topological polar surface area (TPSA) is 63.4 Å². The third-order valence-corrected chi connectivity index (χ3v) is 5.80. The minimum atomic E-state index is -3.38. The Balaban J connectivity index is 2.33. The molecule has 0 aliphatic carbocycles. The van der Waals surface area contributed by atoms with Gasteiger partial charge in [0.15, 0.2) is 0 Å². The first kappa shape index (κ1) is 13.4. The predicted octanol–water partition coefficient (Wildman–Crippen LogP) is 2.08. The fourth-order valence-corrected chi connectivity index (χ4v) is 4.18. The van der Waals surface area contributed by atoms with Crippen LogP contribution in [0.2, 0.25) is 0 Å². The molecule has 1 fully saturated rings. The van der Waals surface area contributed by atoms with Crippen LogP contribution < -0.4 is 5.73 Å². The average molecular weight is 268 g/mol. The summed E-state index contributed by atoms with van der Waals surface area (Å²) in [5, 5.41) is 0. The Morgan fingerprint density at radius 1 is 1.22 bits per heavy atom. The van der Waals surface area contributed by atoms with Crippen LogP contribution in [-0.2, 0) is 10.0 Å². The Labute approximate surface area is 109 Å². The highest BCUT2D eigenvalue weighted by molar-refractivity contribution is 7.89. The molecule has 0 amide bonds. The number of nitrogens with zero attached hydrogens (tertiary/aromatic N) is 1. The number of rotatable bonds is 2. The van der Waals surface area contributed by atoms with Crippen LogP contribution in [0, 0.1) is 5.92 Å². The highest BCUT2D eigenvalue weighted by Crippen LogP contribution is 2.28. The Hall–Kier alpha value is -1.07. The summed E-state index contributed by atoms with van der Waals surface area (Å²) in [6.45, 7) is 4.70. The fourth-order valence-electron chi connectivity index (χ4n) is 2.41. The minimum absolute atomic E-state index is 0.0568. The van der Waals surface area contributed by atoms with Crippen molar-refractivity contribution in [3.63, 3.8) is 0 Å². The summed E-state index contributed by atoms with van der Waals surface area (Å²) in [5.74, 6) is 0.405. The summed E-state index contributed by atoms with van der Waals surface area (Å²) in [5.41, 5.74) is 6.17. The molecule has 1 aliphatic heterocycles. The third-order valence-electron chi connectivity index (χ3n) is 3.80. The molecular weight excluding hydrogens is 248 g/mol. The van der Waals surface area contributed by atoms with Gasteiger partial charge in [-0.15, -0.1) is 0 Å². The SMILES string of the molecule is CC1CCCN(S(=O)(=O)c2ccc(N)cc2)C1C. The Morgan fingerprint density at radius 2 is 1.83 bits per heavy atom. The molecule has 0 aromatic heterocycles. The highest BCUT2D eigenvalue weighted by atomic mass is 32.2. The van der Waals surface area contributed by atoms with Crippen molar-refractivity contribution in [2.24, 2.45) is 5.92 Å². The second-order valence-electron chi connectivity index (χ2n) is 5.04. The summed E-state index contributed by atoms with van der Waals surface area (Å²) in [4.78, 5) is 0.331. The maximum absolute atomic E-state index is 12.5. The fraction of sp³-hybridized carbons (Fsp3) is 0.538. The third kappa shape index (κ3) is 2.37. The van der Waals surface area contributed by atoms with Gasteiger partial charge in [0.1, 0.15) is 0 Å². The first-order valence-electron chi connectivity index (χ1n) is 6.30. The number of benzene rings is 1. The lowest BCUT2D eigenvalue weighted by atomic mass is 9.94. The standard InChI is InChI=1S/C13H20N2O2S/c1-10-4-3-9-15(11(10)2)18(16,17)13-7-5-12(14)6-8-13/h5-8,10-11H,3-4,9,14H2,1-2H3. The van der Waals surface area contributed by atoms with Gasteiger partial charge in [-0.1, -0.05) is 6.92 Å². The van der Waals surface area contributed by atoms with Crippen LogP contribution in [-0.4, -0.2) is 25.3 Å². The van der Waals surface area contributed by atoms with E-state index in [1.807, 2.05) is 6.92 Å². The van der Waals surface area contributed by atoms with Gasteiger partial charge in [0, 0.05) is 18.3 Å². The van der Waals surface area contributed by atoms with E-state index in [0.29, 0.717) is 23.0 Å². The van der Waals surface area contributed by atoms with E-state index in [0.717, 1.165) is 12.8 Å². The Morgan fingerprint density at radius 3 is 2.44 bits per heavy atom. The molecule has 1 aromatic rings. The normalized spacial score (nSPS) is 26.1. The molecule has 2 atom stereocenters. The first-order chi connectivity index (χ1) is 8.43. The van der Waals surface area contributed by atoms with Crippen molar-refractivity contribution in [3.8, 4) is 0 Å². The van der Waals surface area contributed by atoms with E-state index in [1.54, 1.807) is 28.6 Å². The molecular formula is C13H20N2O2S. The van der Waals surface area contributed by atoms with Crippen LogP contribution in [0.15, 0.2) is 29.2 Å². The number of hydrogen-bond acceptors (Lipinski definition) is 3. The molecule has 2 unspecified atom stereocenters. The number of sulfonamides is 1. The van der Waals surface area contributed by atoms with Gasteiger partial charge >= 0.3 is 0 Å². The summed E-state index contributed by atoms with van der Waals surface area (Å²) in [6, 6.07) is 6.48. The van der Waals surface area contributed by atoms with Gasteiger partial charge in [0.25, 0.3) is 0 Å². The second-order valence-corrected chi connectivity index (χ2v) is 6.94. The van der Waals surface area contributed by atoms with Crippen LogP contribution in [0.4, 0.5) is 5.69 Å². The van der Waals surface area contributed by atoms with E-state index in [2.05, 4.69) is 6.92 Å². The second kappa shape index (κ2) is 4.90. The molecule has 2 rings (SSSR count). The van der Waals surface area contributed by atoms with Crippen LogP contribution in [0.3, 0.4) is 0 Å². The van der Waals surface area contributed by atoms with Gasteiger partial charge in [-0.05, 0) is 49.9 Å². The van der Waals surface area contributed by atoms with Crippen LogP contribution in [0.25, 0.3) is 0 Å². The lowest BCUT2D eigenvalue weighted by molar-refractivity contribution is 0.202. The summed E-state index contributed by atoms with van der Waals surface area (Å²) < 4.78 is 26.7. The number of hydrogen-bond donors (Lipinski definition) is 1.